The Labute approximate surface area is 159 Å². The number of nitrogens with zero attached hydrogens (tertiary/aromatic N) is 1. The van der Waals surface area contributed by atoms with Crippen LogP contribution in [0.5, 0.6) is 0 Å². The minimum Gasteiger partial charge on any atom is -0.335 e. The molecule has 0 aromatic heterocycles. The highest BCUT2D eigenvalue weighted by Gasteiger charge is 2.50. The molecular weight excluding hydrogens is 383 g/mol. The first-order chi connectivity index (χ1) is 12.2. The van der Waals surface area contributed by atoms with E-state index in [4.69, 9.17) is 23.2 Å². The van der Waals surface area contributed by atoms with Crippen molar-refractivity contribution in [3.05, 3.63) is 33.8 Å². The summed E-state index contributed by atoms with van der Waals surface area (Å²) in [6.45, 7) is 0.906. The smallest absolute Gasteiger partial charge is 0.325 e. The van der Waals surface area contributed by atoms with E-state index in [1.807, 2.05) is 0 Å². The fourth-order valence-corrected chi connectivity index (χ4v) is 3.27. The molecule has 8 nitrogen and oxygen atoms in total. The topological polar surface area (TPSA) is 108 Å². The van der Waals surface area contributed by atoms with Crippen molar-refractivity contribution < 1.29 is 19.2 Å². The van der Waals surface area contributed by atoms with Gasteiger partial charge in [0.05, 0.1) is 0 Å². The number of rotatable bonds is 4. The molecule has 0 spiro atoms. The van der Waals surface area contributed by atoms with Crippen LogP contribution in [0.4, 0.5) is 9.59 Å². The summed E-state index contributed by atoms with van der Waals surface area (Å²) in [5.74, 6) is -1.41. The fraction of sp³-hybridized carbons (Fsp3) is 0.375. The highest BCUT2D eigenvalue weighted by Crippen LogP contribution is 2.34. The monoisotopic (exact) mass is 398 g/mol. The van der Waals surface area contributed by atoms with E-state index in [0.717, 1.165) is 17.7 Å². The van der Waals surface area contributed by atoms with E-state index >= 15 is 0 Å². The second-order valence-corrected chi connectivity index (χ2v) is 7.21. The molecule has 2 fully saturated rings. The molecule has 1 unspecified atom stereocenters. The van der Waals surface area contributed by atoms with Crippen molar-refractivity contribution in [3.8, 4) is 0 Å². The van der Waals surface area contributed by atoms with Crippen molar-refractivity contribution >= 4 is 47.1 Å². The molecule has 1 aromatic rings. The maximum absolute atomic E-state index is 12.8. The highest BCUT2D eigenvalue weighted by atomic mass is 35.5. The number of urea groups is 2. The Kier molecular flexibility index (Phi) is 4.81. The quantitative estimate of drug-likeness (QED) is 0.671. The summed E-state index contributed by atoms with van der Waals surface area (Å²) in [4.78, 5) is 49.3. The number of hydrogen-bond acceptors (Lipinski definition) is 4. The molecule has 26 heavy (non-hydrogen) atoms. The number of hydrogen-bond donors (Lipinski definition) is 3. The number of imide groups is 2. The number of carbonyl (C=O) groups excluding carboxylic acids is 4. The zero-order valence-electron chi connectivity index (χ0n) is 13.8. The van der Waals surface area contributed by atoms with E-state index in [2.05, 4.69) is 16.0 Å². The van der Waals surface area contributed by atoms with Crippen molar-refractivity contribution in [1.82, 2.24) is 20.9 Å². The van der Waals surface area contributed by atoms with Gasteiger partial charge in [-0.15, -0.1) is 0 Å². The summed E-state index contributed by atoms with van der Waals surface area (Å²) < 4.78 is 0. The predicted octanol–water partition coefficient (Wildman–Crippen LogP) is 1.75. The number of nitrogens with one attached hydrogen (secondary N) is 3. The highest BCUT2D eigenvalue weighted by molar-refractivity contribution is 6.35. The molecule has 3 N–H and O–H groups in total. The lowest BCUT2D eigenvalue weighted by Gasteiger charge is -2.23. The SMILES string of the molecule is CC1(c2ccc(Cl)cc2Cl)NC(=O)N(CC(=O)NC(=O)NC2CC2)C1=O. The zero-order valence-corrected chi connectivity index (χ0v) is 15.3. The van der Waals surface area contributed by atoms with Gasteiger partial charge in [0.1, 0.15) is 12.1 Å². The second-order valence-electron chi connectivity index (χ2n) is 6.37. The fourth-order valence-electron chi connectivity index (χ4n) is 2.68. The Morgan fingerprint density at radius 2 is 2.00 bits per heavy atom. The summed E-state index contributed by atoms with van der Waals surface area (Å²) in [5, 5.41) is 7.82. The van der Waals surface area contributed by atoms with Crippen LogP contribution in [0.1, 0.15) is 25.3 Å². The lowest BCUT2D eigenvalue weighted by atomic mass is 9.92. The third-order valence-electron chi connectivity index (χ3n) is 4.21. The van der Waals surface area contributed by atoms with E-state index in [9.17, 15) is 19.2 Å². The van der Waals surface area contributed by atoms with Crippen LogP contribution in [0.3, 0.4) is 0 Å². The Balaban J connectivity index is 1.71. The average molecular weight is 399 g/mol. The molecule has 0 radical (unpaired) electrons. The van der Waals surface area contributed by atoms with Gasteiger partial charge in [0.15, 0.2) is 0 Å². The van der Waals surface area contributed by atoms with Crippen molar-refractivity contribution in [2.24, 2.45) is 0 Å². The summed E-state index contributed by atoms with van der Waals surface area (Å²) in [5.41, 5.74) is -1.08. The molecular formula is C16H16Cl2N4O4. The van der Waals surface area contributed by atoms with Gasteiger partial charge in [-0.2, -0.15) is 0 Å². The molecule has 10 heteroatoms. The lowest BCUT2D eigenvalue weighted by Crippen LogP contribution is -2.47. The molecule has 1 heterocycles. The van der Waals surface area contributed by atoms with E-state index in [-0.39, 0.29) is 11.1 Å². The van der Waals surface area contributed by atoms with Crippen molar-refractivity contribution in [3.63, 3.8) is 0 Å². The van der Waals surface area contributed by atoms with Crippen LogP contribution in [-0.4, -0.2) is 41.4 Å². The molecule has 1 saturated carbocycles. The summed E-state index contributed by atoms with van der Waals surface area (Å²) in [6.07, 6.45) is 1.74. The van der Waals surface area contributed by atoms with E-state index in [1.165, 1.54) is 19.1 Å². The van der Waals surface area contributed by atoms with Gasteiger partial charge in [0.25, 0.3) is 5.91 Å². The van der Waals surface area contributed by atoms with E-state index < -0.39 is 36.0 Å². The number of halogens is 2. The Morgan fingerprint density at radius 3 is 2.62 bits per heavy atom. The Hall–Kier alpha value is -2.32. The van der Waals surface area contributed by atoms with Crippen LogP contribution in [0, 0.1) is 0 Å². The van der Waals surface area contributed by atoms with Crippen LogP contribution in [0.15, 0.2) is 18.2 Å². The molecule has 0 bridgehead atoms. The van der Waals surface area contributed by atoms with Crippen LogP contribution < -0.4 is 16.0 Å². The van der Waals surface area contributed by atoms with Gasteiger partial charge in [-0.3, -0.25) is 19.8 Å². The maximum Gasteiger partial charge on any atom is 0.325 e. The molecule has 2 aliphatic rings. The van der Waals surface area contributed by atoms with E-state index in [0.29, 0.717) is 10.6 Å². The van der Waals surface area contributed by atoms with Crippen molar-refractivity contribution in [1.29, 1.82) is 0 Å². The minimum absolute atomic E-state index is 0.0786. The summed E-state index contributed by atoms with van der Waals surface area (Å²) >= 11 is 12.0. The third-order valence-corrected chi connectivity index (χ3v) is 4.76. The number of amides is 6. The van der Waals surface area contributed by atoms with Gasteiger partial charge in [-0.1, -0.05) is 29.3 Å². The van der Waals surface area contributed by atoms with Gasteiger partial charge in [-0.05, 0) is 31.9 Å². The summed E-state index contributed by atoms with van der Waals surface area (Å²) in [6, 6.07) is 3.23. The molecule has 1 atom stereocenters. The maximum atomic E-state index is 12.8. The second kappa shape index (κ2) is 6.77. The van der Waals surface area contributed by atoms with Gasteiger partial charge in [-0.25, -0.2) is 9.59 Å². The van der Waals surface area contributed by atoms with Crippen molar-refractivity contribution in [2.75, 3.05) is 6.54 Å². The van der Waals surface area contributed by atoms with E-state index in [1.54, 1.807) is 6.07 Å². The Bertz CT molecular complexity index is 811. The lowest BCUT2D eigenvalue weighted by molar-refractivity contribution is -0.134. The molecule has 1 aromatic carbocycles. The first-order valence-corrected chi connectivity index (χ1v) is 8.66. The third kappa shape index (κ3) is 3.61. The van der Waals surface area contributed by atoms with Crippen LogP contribution in [0.25, 0.3) is 0 Å². The van der Waals surface area contributed by atoms with Crippen LogP contribution in [0.2, 0.25) is 10.0 Å². The zero-order chi connectivity index (χ0) is 19.1. The molecule has 6 amide bonds. The van der Waals surface area contributed by atoms with Crippen LogP contribution >= 0.6 is 23.2 Å². The molecule has 138 valence electrons. The Morgan fingerprint density at radius 1 is 1.31 bits per heavy atom. The molecule has 1 aliphatic carbocycles. The van der Waals surface area contributed by atoms with Crippen molar-refractivity contribution in [2.45, 2.75) is 31.3 Å². The molecule has 3 rings (SSSR count). The first kappa shape index (κ1) is 18.5. The largest absolute Gasteiger partial charge is 0.335 e. The minimum atomic E-state index is -1.44. The number of carbonyl (C=O) groups is 4. The predicted molar refractivity (Wildman–Crippen MR) is 93.8 cm³/mol. The molecule has 1 saturated heterocycles. The average Bonchev–Trinajstić information content (AvgIpc) is 3.31. The van der Waals surface area contributed by atoms with Gasteiger partial charge in [0.2, 0.25) is 5.91 Å². The summed E-state index contributed by atoms with van der Waals surface area (Å²) in [7, 11) is 0. The standard InChI is InChI=1S/C16H16Cl2N4O4/c1-16(10-5-2-8(17)6-11(10)18)13(24)22(15(26)21-16)7-12(23)20-14(25)19-9-3-4-9/h2,5-6,9H,3-4,7H2,1H3,(H,21,26)(H2,19,20,23,25). The normalized spacial score (nSPS) is 22.2. The van der Waals surface area contributed by atoms with Gasteiger partial charge in [0, 0.05) is 21.7 Å². The number of benzene rings is 1. The first-order valence-electron chi connectivity index (χ1n) is 7.90. The van der Waals surface area contributed by atoms with Gasteiger partial charge < -0.3 is 10.6 Å². The van der Waals surface area contributed by atoms with Crippen LogP contribution in [-0.2, 0) is 15.1 Å². The van der Waals surface area contributed by atoms with Gasteiger partial charge >= 0.3 is 12.1 Å². The molecule has 1 aliphatic heterocycles.